The number of nitrogens with zero attached hydrogens (tertiary/aromatic N) is 2. The first kappa shape index (κ1) is 8.62. The van der Waals surface area contributed by atoms with Crippen molar-refractivity contribution in [1.29, 1.82) is 0 Å². The second kappa shape index (κ2) is 3.06. The number of nitrogen functional groups attached to an aromatic ring is 2. The number of aryl methyl sites for hydroxylation is 1. The first-order valence-electron chi connectivity index (χ1n) is 4.32. The van der Waals surface area contributed by atoms with E-state index >= 15 is 0 Å². The van der Waals surface area contributed by atoms with Crippen molar-refractivity contribution in [2.24, 2.45) is 7.05 Å². The average Bonchev–Trinajstić information content (AvgIpc) is 2.46. The Morgan fingerprint density at radius 1 is 1.29 bits per heavy atom. The van der Waals surface area contributed by atoms with Crippen LogP contribution in [0.15, 0.2) is 30.5 Å². The van der Waals surface area contributed by atoms with E-state index in [1.54, 1.807) is 10.9 Å². The van der Waals surface area contributed by atoms with Crippen LogP contribution in [0.3, 0.4) is 0 Å². The molecule has 0 spiro atoms. The van der Waals surface area contributed by atoms with Gasteiger partial charge in [-0.2, -0.15) is 5.10 Å². The molecule has 0 aliphatic carbocycles. The zero-order chi connectivity index (χ0) is 10.1. The summed E-state index contributed by atoms with van der Waals surface area (Å²) < 4.78 is 1.74. The Morgan fingerprint density at radius 2 is 2.07 bits per heavy atom. The Kier molecular flexibility index (Phi) is 1.89. The van der Waals surface area contributed by atoms with E-state index in [1.165, 1.54) is 0 Å². The largest absolute Gasteiger partial charge is 0.399 e. The molecular weight excluding hydrogens is 176 g/mol. The molecule has 72 valence electrons. The van der Waals surface area contributed by atoms with E-state index < -0.39 is 0 Å². The molecule has 1 heterocycles. The summed E-state index contributed by atoms with van der Waals surface area (Å²) in [5.74, 6) is 0. The third-order valence-electron chi connectivity index (χ3n) is 2.13. The highest BCUT2D eigenvalue weighted by Gasteiger charge is 2.07. The van der Waals surface area contributed by atoms with Gasteiger partial charge in [-0.3, -0.25) is 4.68 Å². The normalized spacial score (nSPS) is 10.4. The fraction of sp³-hybridized carbons (Fsp3) is 0.100. The van der Waals surface area contributed by atoms with Crippen LogP contribution >= 0.6 is 0 Å². The molecule has 0 radical (unpaired) electrons. The summed E-state index contributed by atoms with van der Waals surface area (Å²) in [5, 5.41) is 4.07. The van der Waals surface area contributed by atoms with Crippen molar-refractivity contribution < 1.29 is 0 Å². The highest BCUT2D eigenvalue weighted by molar-refractivity contribution is 5.74. The van der Waals surface area contributed by atoms with Gasteiger partial charge < -0.3 is 11.5 Å². The van der Waals surface area contributed by atoms with Gasteiger partial charge in [0.05, 0.1) is 17.6 Å². The second-order valence-electron chi connectivity index (χ2n) is 3.20. The maximum Gasteiger partial charge on any atom is 0.0909 e. The molecule has 0 saturated heterocycles. The number of aromatic nitrogens is 2. The van der Waals surface area contributed by atoms with Crippen molar-refractivity contribution in [1.82, 2.24) is 9.78 Å². The Hall–Kier alpha value is -1.97. The fourth-order valence-electron chi connectivity index (χ4n) is 1.49. The van der Waals surface area contributed by atoms with Gasteiger partial charge in [-0.05, 0) is 12.1 Å². The van der Waals surface area contributed by atoms with Crippen molar-refractivity contribution in [3.05, 3.63) is 30.5 Å². The lowest BCUT2D eigenvalue weighted by Gasteiger charge is -2.04. The van der Waals surface area contributed by atoms with Crippen LogP contribution in [0.25, 0.3) is 11.3 Å². The molecule has 0 saturated carbocycles. The van der Waals surface area contributed by atoms with Crippen LogP contribution in [0.4, 0.5) is 11.4 Å². The minimum Gasteiger partial charge on any atom is -0.399 e. The summed E-state index contributed by atoms with van der Waals surface area (Å²) in [6.45, 7) is 0. The smallest absolute Gasteiger partial charge is 0.0909 e. The molecule has 0 amide bonds. The molecule has 2 aromatic rings. The molecule has 0 unspecified atom stereocenters. The highest BCUT2D eigenvalue weighted by Crippen LogP contribution is 2.25. The Labute approximate surface area is 82.1 Å². The van der Waals surface area contributed by atoms with Gasteiger partial charge >= 0.3 is 0 Å². The van der Waals surface area contributed by atoms with Crippen LogP contribution < -0.4 is 11.5 Å². The molecule has 1 aromatic carbocycles. The van der Waals surface area contributed by atoms with Crippen LogP contribution in [-0.2, 0) is 7.05 Å². The number of hydrogen-bond acceptors (Lipinski definition) is 3. The average molecular weight is 188 g/mol. The lowest BCUT2D eigenvalue weighted by molar-refractivity contribution is 0.776. The predicted molar refractivity (Wildman–Crippen MR) is 57.5 cm³/mol. The molecule has 0 atom stereocenters. The molecular formula is C10H12N4. The zero-order valence-electron chi connectivity index (χ0n) is 7.94. The van der Waals surface area contributed by atoms with E-state index in [1.807, 2.05) is 31.3 Å². The van der Waals surface area contributed by atoms with Crippen LogP contribution in [0.1, 0.15) is 0 Å². The monoisotopic (exact) mass is 188 g/mol. The molecule has 4 N–H and O–H groups in total. The maximum absolute atomic E-state index is 5.80. The van der Waals surface area contributed by atoms with Crippen LogP contribution in [-0.4, -0.2) is 9.78 Å². The van der Waals surface area contributed by atoms with Gasteiger partial charge in [-0.15, -0.1) is 0 Å². The van der Waals surface area contributed by atoms with E-state index in [9.17, 15) is 0 Å². The van der Waals surface area contributed by atoms with E-state index in [4.69, 9.17) is 11.5 Å². The minimum absolute atomic E-state index is 0.665. The van der Waals surface area contributed by atoms with E-state index in [-0.39, 0.29) is 0 Å². The van der Waals surface area contributed by atoms with Gasteiger partial charge in [-0.1, -0.05) is 12.1 Å². The Morgan fingerprint density at radius 3 is 2.64 bits per heavy atom. The molecule has 0 bridgehead atoms. The number of anilines is 2. The van der Waals surface area contributed by atoms with Crippen molar-refractivity contribution in [2.75, 3.05) is 11.5 Å². The van der Waals surface area contributed by atoms with E-state index in [2.05, 4.69) is 5.10 Å². The zero-order valence-corrected chi connectivity index (χ0v) is 7.94. The van der Waals surface area contributed by atoms with Crippen LogP contribution in [0, 0.1) is 0 Å². The molecule has 2 rings (SSSR count). The first-order chi connectivity index (χ1) is 6.68. The summed E-state index contributed by atoms with van der Waals surface area (Å²) in [6.07, 6.45) is 1.64. The highest BCUT2D eigenvalue weighted by atomic mass is 15.3. The van der Waals surface area contributed by atoms with Crippen molar-refractivity contribution >= 4 is 11.4 Å². The van der Waals surface area contributed by atoms with Crippen molar-refractivity contribution in [3.8, 4) is 11.3 Å². The van der Waals surface area contributed by atoms with E-state index in [0.29, 0.717) is 5.69 Å². The second-order valence-corrected chi connectivity index (χ2v) is 3.20. The molecule has 0 aliphatic rings. The number of rotatable bonds is 1. The van der Waals surface area contributed by atoms with Gasteiger partial charge in [0.15, 0.2) is 0 Å². The van der Waals surface area contributed by atoms with Crippen LogP contribution in [0.2, 0.25) is 0 Å². The summed E-state index contributed by atoms with van der Waals surface area (Å²) >= 11 is 0. The fourth-order valence-corrected chi connectivity index (χ4v) is 1.49. The number of nitrogens with two attached hydrogens (primary N) is 2. The first-order valence-corrected chi connectivity index (χ1v) is 4.32. The molecule has 4 nitrogen and oxygen atoms in total. The van der Waals surface area contributed by atoms with Crippen molar-refractivity contribution in [3.63, 3.8) is 0 Å². The third kappa shape index (κ3) is 1.31. The van der Waals surface area contributed by atoms with Gasteiger partial charge in [0, 0.05) is 18.3 Å². The number of benzene rings is 1. The lowest BCUT2D eigenvalue weighted by Crippen LogP contribution is -1.96. The Balaban J connectivity index is 2.59. The lowest BCUT2D eigenvalue weighted by atomic mass is 10.1. The summed E-state index contributed by atoms with van der Waals surface area (Å²) in [4.78, 5) is 0. The van der Waals surface area contributed by atoms with Gasteiger partial charge in [0.2, 0.25) is 0 Å². The summed E-state index contributed by atoms with van der Waals surface area (Å²) in [5.41, 5.74) is 14.8. The topological polar surface area (TPSA) is 69.9 Å². The summed E-state index contributed by atoms with van der Waals surface area (Å²) in [6, 6.07) is 7.59. The molecule has 0 aliphatic heterocycles. The molecule has 14 heavy (non-hydrogen) atoms. The molecule has 0 fully saturated rings. The standard InChI is InChI=1S/C10H12N4/c1-14-10(9(12)6-13-14)7-3-2-4-8(11)5-7/h2-6H,11-12H2,1H3. The van der Waals surface area contributed by atoms with Gasteiger partial charge in [0.1, 0.15) is 0 Å². The molecule has 1 aromatic heterocycles. The maximum atomic E-state index is 5.80. The Bertz CT molecular complexity index is 439. The van der Waals surface area contributed by atoms with Gasteiger partial charge in [-0.25, -0.2) is 0 Å². The third-order valence-corrected chi connectivity index (χ3v) is 2.13. The van der Waals surface area contributed by atoms with Crippen LogP contribution in [0.5, 0.6) is 0 Å². The minimum atomic E-state index is 0.665. The quantitative estimate of drug-likeness (QED) is 0.662. The van der Waals surface area contributed by atoms with Crippen molar-refractivity contribution in [2.45, 2.75) is 0 Å². The molecule has 4 heteroatoms. The SMILES string of the molecule is Cn1ncc(N)c1-c1cccc(N)c1. The summed E-state index contributed by atoms with van der Waals surface area (Å²) in [7, 11) is 1.86. The number of hydrogen-bond donors (Lipinski definition) is 2. The van der Waals surface area contributed by atoms with E-state index in [0.717, 1.165) is 16.9 Å². The predicted octanol–water partition coefficient (Wildman–Crippen LogP) is 1.25. The van der Waals surface area contributed by atoms with Gasteiger partial charge in [0.25, 0.3) is 0 Å².